The number of aliphatic hydroxyl groups excluding tert-OH is 1. The molecule has 2 aromatic carbocycles. The zero-order chi connectivity index (χ0) is 28.3. The Labute approximate surface area is 233 Å². The minimum atomic E-state index is -3.69. The van der Waals surface area contributed by atoms with E-state index in [4.69, 9.17) is 4.74 Å². The summed E-state index contributed by atoms with van der Waals surface area (Å²) < 4.78 is 48.0. The number of likely N-dealkylation sites (tertiary alicyclic amines) is 1. The first kappa shape index (κ1) is 28.4. The highest BCUT2D eigenvalue weighted by Gasteiger charge is 2.46. The number of carbonyl (C=O) groups excluding carboxylic acids is 2. The molecule has 9 nitrogen and oxygen atoms in total. The van der Waals surface area contributed by atoms with Crippen LogP contribution in [0.4, 0.5) is 4.39 Å². The minimum absolute atomic E-state index is 0.0835. The van der Waals surface area contributed by atoms with E-state index in [1.165, 1.54) is 51.7 Å². The Morgan fingerprint density at radius 3 is 2.27 bits per heavy atom. The minimum Gasteiger partial charge on any atom is -0.507 e. The molecular weight excluding hydrogens is 537 g/mol. The van der Waals surface area contributed by atoms with E-state index in [9.17, 15) is 23.1 Å². The molecule has 214 valence electrons. The normalized spacial score (nSPS) is 22.6. The largest absolute Gasteiger partial charge is 0.507 e. The maximum absolute atomic E-state index is 15.0. The van der Waals surface area contributed by atoms with Crippen LogP contribution in [0.25, 0.3) is 5.76 Å². The predicted octanol–water partition coefficient (Wildman–Crippen LogP) is 3.14. The molecule has 1 amide bonds. The number of hydrogen-bond acceptors (Lipinski definition) is 7. The van der Waals surface area contributed by atoms with Gasteiger partial charge in [0, 0.05) is 50.4 Å². The van der Waals surface area contributed by atoms with Crippen LogP contribution < -0.4 is 0 Å². The number of rotatable bonds is 8. The van der Waals surface area contributed by atoms with E-state index in [1.807, 2.05) is 0 Å². The lowest BCUT2D eigenvalue weighted by Gasteiger charge is -2.29. The molecule has 3 aliphatic rings. The highest BCUT2D eigenvalue weighted by molar-refractivity contribution is 7.89. The summed E-state index contributed by atoms with van der Waals surface area (Å²) in [5.41, 5.74) is 0.0669. The van der Waals surface area contributed by atoms with Crippen LogP contribution in [0.15, 0.2) is 59.0 Å². The first-order chi connectivity index (χ1) is 19.3. The highest BCUT2D eigenvalue weighted by atomic mass is 32.2. The van der Waals surface area contributed by atoms with Crippen molar-refractivity contribution in [2.45, 2.75) is 36.6 Å². The Hall–Kier alpha value is -3.12. The van der Waals surface area contributed by atoms with Crippen LogP contribution in [-0.2, 0) is 24.3 Å². The summed E-state index contributed by atoms with van der Waals surface area (Å²) >= 11 is 0. The molecular formula is C29H34FN3O6S. The lowest BCUT2D eigenvalue weighted by atomic mass is 9.95. The number of ketones is 1. The van der Waals surface area contributed by atoms with Crippen molar-refractivity contribution >= 4 is 27.5 Å². The lowest BCUT2D eigenvalue weighted by Crippen LogP contribution is -2.39. The topological polar surface area (TPSA) is 107 Å². The van der Waals surface area contributed by atoms with Crippen molar-refractivity contribution in [3.8, 4) is 0 Å². The number of amides is 1. The van der Waals surface area contributed by atoms with Gasteiger partial charge in [-0.05, 0) is 49.6 Å². The zero-order valence-electron chi connectivity index (χ0n) is 22.3. The summed E-state index contributed by atoms with van der Waals surface area (Å²) in [4.78, 5) is 30.1. The van der Waals surface area contributed by atoms with E-state index in [-0.39, 0.29) is 28.1 Å². The summed E-state index contributed by atoms with van der Waals surface area (Å²) in [6.45, 7) is 4.63. The number of morpholine rings is 1. The van der Waals surface area contributed by atoms with Crippen LogP contribution >= 0.6 is 0 Å². The number of hydrogen-bond donors (Lipinski definition) is 1. The molecule has 0 bridgehead atoms. The van der Waals surface area contributed by atoms with Crippen LogP contribution in [-0.4, -0.2) is 91.8 Å². The maximum Gasteiger partial charge on any atom is 0.295 e. The third kappa shape index (κ3) is 5.69. The highest BCUT2D eigenvalue weighted by Crippen LogP contribution is 2.40. The summed E-state index contributed by atoms with van der Waals surface area (Å²) in [7, 11) is -3.69. The Morgan fingerprint density at radius 1 is 0.925 bits per heavy atom. The van der Waals surface area contributed by atoms with Crippen LogP contribution in [0, 0.1) is 5.82 Å². The fraction of sp³-hybridized carbons (Fsp3) is 0.448. The molecule has 2 aromatic rings. The molecule has 5 rings (SSSR count). The third-order valence-electron chi connectivity index (χ3n) is 7.80. The van der Waals surface area contributed by atoms with Gasteiger partial charge in [-0.1, -0.05) is 24.6 Å². The van der Waals surface area contributed by atoms with E-state index in [0.29, 0.717) is 39.3 Å². The van der Waals surface area contributed by atoms with E-state index in [1.54, 1.807) is 6.07 Å². The van der Waals surface area contributed by atoms with Gasteiger partial charge >= 0.3 is 0 Å². The number of sulfonamides is 1. The van der Waals surface area contributed by atoms with Gasteiger partial charge in [0.2, 0.25) is 10.0 Å². The van der Waals surface area contributed by atoms with Crippen molar-refractivity contribution in [3.05, 3.63) is 71.0 Å². The Kier molecular flexibility index (Phi) is 8.65. The molecule has 0 saturated carbocycles. The molecule has 1 N–H and O–H groups in total. The van der Waals surface area contributed by atoms with Crippen molar-refractivity contribution in [1.82, 2.24) is 14.1 Å². The molecule has 0 radical (unpaired) electrons. The second-order valence-electron chi connectivity index (χ2n) is 10.3. The monoisotopic (exact) mass is 571 g/mol. The van der Waals surface area contributed by atoms with E-state index >= 15 is 4.39 Å². The standard InChI is InChI=1S/C29H34FN3O6S/c30-24-8-3-2-7-23(24)26-25(28(35)29(36)33(26)16-6-13-31-17-19-39-20-18-31)27(34)21-9-11-22(12-10-21)40(37,38)32-14-4-1-5-15-32/h2-3,7-12,26,34H,1,4-6,13-20H2/t26-/m1/s1. The summed E-state index contributed by atoms with van der Waals surface area (Å²) in [5, 5.41) is 11.3. The van der Waals surface area contributed by atoms with Crippen molar-refractivity contribution in [1.29, 1.82) is 0 Å². The first-order valence-corrected chi connectivity index (χ1v) is 15.2. The van der Waals surface area contributed by atoms with Gasteiger partial charge in [0.15, 0.2) is 0 Å². The predicted molar refractivity (Wildman–Crippen MR) is 146 cm³/mol. The number of benzene rings is 2. The zero-order valence-corrected chi connectivity index (χ0v) is 23.1. The van der Waals surface area contributed by atoms with E-state index in [2.05, 4.69) is 4.90 Å². The average molecular weight is 572 g/mol. The molecule has 11 heteroatoms. The average Bonchev–Trinajstić information content (AvgIpc) is 3.23. The number of Topliss-reactive ketones (excluding diaryl/α,β-unsaturated/α-hetero) is 1. The van der Waals surface area contributed by atoms with Gasteiger partial charge in [-0.3, -0.25) is 14.5 Å². The summed E-state index contributed by atoms with van der Waals surface area (Å²) in [5.74, 6) is -2.77. The number of carbonyl (C=O) groups is 2. The molecule has 40 heavy (non-hydrogen) atoms. The van der Waals surface area contributed by atoms with Gasteiger partial charge in [-0.2, -0.15) is 4.31 Å². The van der Waals surface area contributed by atoms with E-state index < -0.39 is 39.3 Å². The van der Waals surface area contributed by atoms with Gasteiger partial charge in [-0.25, -0.2) is 12.8 Å². The SMILES string of the molecule is O=C1C(=O)N(CCCN2CCOCC2)[C@H](c2ccccc2F)C1=C(O)c1ccc(S(=O)(=O)N2CCCCC2)cc1. The molecule has 0 aliphatic carbocycles. The van der Waals surface area contributed by atoms with Crippen molar-refractivity contribution in [2.24, 2.45) is 0 Å². The number of piperidine rings is 1. The number of aliphatic hydroxyl groups is 1. The van der Waals surface area contributed by atoms with E-state index in [0.717, 1.165) is 32.4 Å². The molecule has 0 aromatic heterocycles. The van der Waals surface area contributed by atoms with Gasteiger partial charge in [-0.15, -0.1) is 0 Å². The molecule has 0 unspecified atom stereocenters. The maximum atomic E-state index is 15.0. The Balaban J connectivity index is 1.45. The second kappa shape index (κ2) is 12.2. The smallest absolute Gasteiger partial charge is 0.295 e. The van der Waals surface area contributed by atoms with Crippen LogP contribution in [0.5, 0.6) is 0 Å². The van der Waals surface area contributed by atoms with Gasteiger partial charge in [0.1, 0.15) is 11.6 Å². The van der Waals surface area contributed by atoms with Gasteiger partial charge < -0.3 is 14.7 Å². The molecule has 3 saturated heterocycles. The van der Waals surface area contributed by atoms with Crippen molar-refractivity contribution in [3.63, 3.8) is 0 Å². The molecule has 3 aliphatic heterocycles. The summed E-state index contributed by atoms with van der Waals surface area (Å²) in [6.07, 6.45) is 3.16. The van der Waals surface area contributed by atoms with Crippen molar-refractivity contribution < 1.29 is 32.2 Å². The van der Waals surface area contributed by atoms with Gasteiger partial charge in [0.25, 0.3) is 11.7 Å². The molecule has 3 fully saturated rings. The molecule has 0 spiro atoms. The Bertz CT molecular complexity index is 1380. The summed E-state index contributed by atoms with van der Waals surface area (Å²) in [6, 6.07) is 10.4. The number of halogens is 1. The van der Waals surface area contributed by atoms with Crippen LogP contribution in [0.1, 0.15) is 42.9 Å². The van der Waals surface area contributed by atoms with Crippen LogP contribution in [0.3, 0.4) is 0 Å². The Morgan fingerprint density at radius 2 is 1.60 bits per heavy atom. The van der Waals surface area contributed by atoms with Crippen LogP contribution in [0.2, 0.25) is 0 Å². The molecule has 3 heterocycles. The second-order valence-corrected chi connectivity index (χ2v) is 12.2. The fourth-order valence-corrected chi connectivity index (χ4v) is 7.13. The molecule has 1 atom stereocenters. The fourth-order valence-electron chi connectivity index (χ4n) is 5.61. The number of nitrogens with zero attached hydrogens (tertiary/aromatic N) is 3. The lowest BCUT2D eigenvalue weighted by molar-refractivity contribution is -0.140. The first-order valence-electron chi connectivity index (χ1n) is 13.7. The quantitative estimate of drug-likeness (QED) is 0.295. The third-order valence-corrected chi connectivity index (χ3v) is 9.71. The van der Waals surface area contributed by atoms with Crippen molar-refractivity contribution in [2.75, 3.05) is 52.5 Å². The number of ether oxygens (including phenoxy) is 1. The van der Waals surface area contributed by atoms with Gasteiger partial charge in [0.05, 0.1) is 29.7 Å².